The Bertz CT molecular complexity index is 846. The van der Waals surface area contributed by atoms with Crippen molar-refractivity contribution in [2.45, 2.75) is 51.7 Å². The normalized spacial score (nSPS) is 13.8. The van der Waals surface area contributed by atoms with E-state index in [-0.39, 0.29) is 18.2 Å². The van der Waals surface area contributed by atoms with Gasteiger partial charge in [0.1, 0.15) is 5.82 Å². The summed E-state index contributed by atoms with van der Waals surface area (Å²) in [5.41, 5.74) is 4.12. The van der Waals surface area contributed by atoms with Crippen LogP contribution in [0.25, 0.3) is 17.2 Å². The lowest BCUT2D eigenvalue weighted by atomic mass is 9.93. The Morgan fingerprint density at radius 3 is 2.46 bits per heavy atom. The number of rotatable bonds is 8. The summed E-state index contributed by atoms with van der Waals surface area (Å²) in [7, 11) is 0. The Balaban J connectivity index is 2.40. The second kappa shape index (κ2) is 9.57. The van der Waals surface area contributed by atoms with Crippen LogP contribution in [0.5, 0.6) is 0 Å². The zero-order valence-electron chi connectivity index (χ0n) is 16.2. The van der Waals surface area contributed by atoms with Crippen molar-refractivity contribution in [3.63, 3.8) is 0 Å². The predicted octanol–water partition coefficient (Wildman–Crippen LogP) is 2.58. The van der Waals surface area contributed by atoms with Crippen LogP contribution >= 0.6 is 0 Å². The number of benzene rings is 1. The monoisotopic (exact) mass is 386 g/mol. The molecule has 1 heterocycles. The van der Waals surface area contributed by atoms with E-state index in [1.54, 1.807) is 18.2 Å². The molecule has 2 atom stereocenters. The molecule has 0 fully saturated rings. The van der Waals surface area contributed by atoms with E-state index in [0.717, 1.165) is 28.1 Å². The van der Waals surface area contributed by atoms with Gasteiger partial charge in [-0.05, 0) is 42.2 Å². The first-order chi connectivity index (χ1) is 13.2. The lowest BCUT2D eigenvalue weighted by Crippen LogP contribution is -2.29. The molecular weight excluding hydrogens is 361 g/mol. The van der Waals surface area contributed by atoms with Crippen LogP contribution in [-0.4, -0.2) is 33.4 Å². The van der Waals surface area contributed by atoms with Crippen molar-refractivity contribution >= 4 is 12.0 Å². The van der Waals surface area contributed by atoms with Crippen LogP contribution < -0.4 is 5.11 Å². The van der Waals surface area contributed by atoms with Gasteiger partial charge in [0.15, 0.2) is 0 Å². The highest BCUT2D eigenvalue weighted by Crippen LogP contribution is 2.31. The zero-order chi connectivity index (χ0) is 20.8. The number of nitrogens with zero attached hydrogens (tertiary/aromatic N) is 1. The number of halogens is 1. The number of carbonyl (C=O) groups excluding carboxylic acids is 1. The molecule has 0 unspecified atom stereocenters. The molecule has 5 nitrogen and oxygen atoms in total. The summed E-state index contributed by atoms with van der Waals surface area (Å²) in [6, 6.07) is 8.05. The summed E-state index contributed by atoms with van der Waals surface area (Å²) < 4.78 is 13.3. The molecule has 0 saturated heterocycles. The maximum Gasteiger partial charge on any atom is 0.123 e. The SMILES string of the molecule is Cc1cc(-c2ccc(F)cc2)c(/C=C/[C@@H](O)C[C@@H](O)CC(=O)[O-])c(C(C)C)n1. The standard InChI is InChI=1S/C22H26FNO4/c1-13(2)22-19(9-8-17(25)11-18(26)12-21(27)28)20(10-14(3)24-22)15-4-6-16(23)7-5-15/h4-10,13,17-18,25-26H,11-12H2,1-3H3,(H,27,28)/p-1/b9-8+/t17-,18-/m1/s1. The van der Waals surface area contributed by atoms with Gasteiger partial charge in [0.2, 0.25) is 0 Å². The minimum Gasteiger partial charge on any atom is -0.550 e. The van der Waals surface area contributed by atoms with Gasteiger partial charge in [0.25, 0.3) is 0 Å². The maximum absolute atomic E-state index is 13.3. The number of aliphatic hydroxyl groups excluding tert-OH is 2. The van der Waals surface area contributed by atoms with Gasteiger partial charge in [-0.3, -0.25) is 4.98 Å². The molecule has 28 heavy (non-hydrogen) atoms. The third-order valence-electron chi connectivity index (χ3n) is 4.32. The molecule has 0 bridgehead atoms. The van der Waals surface area contributed by atoms with Crippen molar-refractivity contribution < 1.29 is 24.5 Å². The molecule has 0 saturated carbocycles. The van der Waals surface area contributed by atoms with Crippen molar-refractivity contribution in [1.82, 2.24) is 4.98 Å². The van der Waals surface area contributed by atoms with Gasteiger partial charge in [-0.25, -0.2) is 4.39 Å². The minimum atomic E-state index is -1.37. The average molecular weight is 386 g/mol. The molecule has 1 aromatic heterocycles. The number of carbonyl (C=O) groups is 1. The first-order valence-electron chi connectivity index (χ1n) is 9.19. The van der Waals surface area contributed by atoms with Crippen molar-refractivity contribution in [3.8, 4) is 11.1 Å². The maximum atomic E-state index is 13.3. The fourth-order valence-corrected chi connectivity index (χ4v) is 3.03. The van der Waals surface area contributed by atoms with Gasteiger partial charge in [0.05, 0.1) is 17.9 Å². The third-order valence-corrected chi connectivity index (χ3v) is 4.32. The van der Waals surface area contributed by atoms with Crippen LogP contribution in [0, 0.1) is 12.7 Å². The van der Waals surface area contributed by atoms with E-state index in [1.807, 2.05) is 26.8 Å². The minimum absolute atomic E-state index is 0.111. The van der Waals surface area contributed by atoms with Gasteiger partial charge in [-0.2, -0.15) is 0 Å². The number of carboxylic acids is 1. The molecule has 0 aliphatic carbocycles. The van der Waals surface area contributed by atoms with Crippen LogP contribution in [0.2, 0.25) is 0 Å². The van der Waals surface area contributed by atoms with Crippen LogP contribution in [0.4, 0.5) is 4.39 Å². The van der Waals surface area contributed by atoms with Crippen molar-refractivity contribution in [2.24, 2.45) is 0 Å². The summed E-state index contributed by atoms with van der Waals surface area (Å²) >= 11 is 0. The Labute approximate surface area is 164 Å². The Hall–Kier alpha value is -2.57. The van der Waals surface area contributed by atoms with Crippen LogP contribution in [0.1, 0.15) is 49.6 Å². The molecule has 0 radical (unpaired) electrons. The highest BCUT2D eigenvalue weighted by molar-refractivity contribution is 5.77. The van der Waals surface area contributed by atoms with Gasteiger partial charge >= 0.3 is 0 Å². The summed E-state index contributed by atoms with van der Waals surface area (Å²) in [4.78, 5) is 15.2. The van der Waals surface area contributed by atoms with Gasteiger partial charge in [-0.1, -0.05) is 38.1 Å². The largest absolute Gasteiger partial charge is 0.550 e. The van der Waals surface area contributed by atoms with Crippen molar-refractivity contribution in [1.29, 1.82) is 0 Å². The fraction of sp³-hybridized carbons (Fsp3) is 0.364. The van der Waals surface area contributed by atoms with Gasteiger partial charge in [0, 0.05) is 30.1 Å². The molecule has 0 amide bonds. The first kappa shape index (κ1) is 21.7. The predicted molar refractivity (Wildman–Crippen MR) is 104 cm³/mol. The molecule has 0 aliphatic heterocycles. The van der Waals surface area contributed by atoms with E-state index in [2.05, 4.69) is 4.98 Å². The third kappa shape index (κ3) is 5.97. The van der Waals surface area contributed by atoms with Gasteiger partial charge < -0.3 is 20.1 Å². The summed E-state index contributed by atoms with van der Waals surface area (Å²) in [6.45, 7) is 5.90. The van der Waals surface area contributed by atoms with E-state index in [0.29, 0.717) is 0 Å². The van der Waals surface area contributed by atoms with E-state index in [4.69, 9.17) is 0 Å². The number of hydrogen-bond acceptors (Lipinski definition) is 5. The fourth-order valence-electron chi connectivity index (χ4n) is 3.03. The molecule has 1 aromatic carbocycles. The number of aliphatic carboxylic acids is 1. The molecule has 0 spiro atoms. The second-order valence-corrected chi connectivity index (χ2v) is 7.16. The topological polar surface area (TPSA) is 93.5 Å². The van der Waals surface area contributed by atoms with Crippen LogP contribution in [-0.2, 0) is 4.79 Å². The Morgan fingerprint density at radius 2 is 1.89 bits per heavy atom. The van der Waals surface area contributed by atoms with Crippen LogP contribution in [0.15, 0.2) is 36.4 Å². The van der Waals surface area contributed by atoms with Crippen molar-refractivity contribution in [2.75, 3.05) is 0 Å². The number of pyridine rings is 1. The van der Waals surface area contributed by atoms with E-state index in [1.165, 1.54) is 18.2 Å². The number of aliphatic hydroxyl groups is 2. The molecule has 0 aliphatic rings. The number of hydrogen-bond donors (Lipinski definition) is 2. The first-order valence-corrected chi connectivity index (χ1v) is 9.19. The molecule has 6 heteroatoms. The molecule has 2 N–H and O–H groups in total. The van der Waals surface area contributed by atoms with E-state index < -0.39 is 24.6 Å². The van der Waals surface area contributed by atoms with Gasteiger partial charge in [-0.15, -0.1) is 0 Å². The Morgan fingerprint density at radius 1 is 1.25 bits per heavy atom. The zero-order valence-corrected chi connectivity index (χ0v) is 16.2. The quantitative estimate of drug-likeness (QED) is 0.727. The number of carboxylic acid groups (broad SMARTS) is 1. The van der Waals surface area contributed by atoms with Crippen LogP contribution in [0.3, 0.4) is 0 Å². The van der Waals surface area contributed by atoms with E-state index in [9.17, 15) is 24.5 Å². The molecule has 2 aromatic rings. The highest BCUT2D eigenvalue weighted by atomic mass is 19.1. The Kier molecular flexibility index (Phi) is 7.43. The summed E-state index contributed by atoms with van der Waals surface area (Å²) in [5, 5.41) is 30.3. The van der Waals surface area contributed by atoms with Crippen molar-refractivity contribution in [3.05, 3.63) is 59.2 Å². The average Bonchev–Trinajstić information content (AvgIpc) is 2.59. The molecule has 150 valence electrons. The smallest absolute Gasteiger partial charge is 0.123 e. The lowest BCUT2D eigenvalue weighted by Gasteiger charge is -2.17. The summed E-state index contributed by atoms with van der Waals surface area (Å²) in [5.74, 6) is -1.58. The highest BCUT2D eigenvalue weighted by Gasteiger charge is 2.15. The molecular formula is C22H25FNO4-. The number of aromatic nitrogens is 1. The lowest BCUT2D eigenvalue weighted by molar-refractivity contribution is -0.307. The number of aryl methyl sites for hydroxylation is 1. The molecule has 2 rings (SSSR count). The van der Waals surface area contributed by atoms with E-state index >= 15 is 0 Å². The summed E-state index contributed by atoms with van der Waals surface area (Å²) in [6.07, 6.45) is 0.348. The second-order valence-electron chi connectivity index (χ2n) is 7.16.